The topological polar surface area (TPSA) is 113 Å². The van der Waals surface area contributed by atoms with Crippen molar-refractivity contribution in [1.29, 1.82) is 0 Å². The van der Waals surface area contributed by atoms with Crippen molar-refractivity contribution >= 4 is 63.0 Å². The molecule has 8 nitrogen and oxygen atoms in total. The highest BCUT2D eigenvalue weighted by Crippen LogP contribution is 2.39. The number of rotatable bonds is 3. The number of nitrogen functional groups attached to an aromatic ring is 1. The molecule has 4 N–H and O–H groups in total. The van der Waals surface area contributed by atoms with Crippen molar-refractivity contribution in [1.82, 2.24) is 20.2 Å². The fourth-order valence-corrected chi connectivity index (χ4v) is 5.30. The van der Waals surface area contributed by atoms with Gasteiger partial charge in [-0.3, -0.25) is 14.6 Å². The summed E-state index contributed by atoms with van der Waals surface area (Å²) in [5.41, 5.74) is 6.90. The Kier molecular flexibility index (Phi) is 6.09. The number of amides is 2. The average molecular weight is 525 g/mol. The number of likely N-dealkylation sites (N-methyl/N-ethyl adjacent to an activating group) is 1. The number of thiocarbonyl (C=S) groups is 1. The maximum Gasteiger partial charge on any atom is 0.252 e. The standard InChI is InChI=1S/C25H22ClFN6O2S/c1-33-24(36)32-23(35)25(33)5-2-13(3-6-25)8-20(34)31-19-10-14-9-15(17-11-29-7-4-18(17)26)21(27)22(28)16(14)12-30-19/h4,7-12H,2-3,5-6,28H2,1H3,(H,30,31,34)(H,32,35,36). The molecule has 1 aliphatic carbocycles. The molecule has 0 atom stereocenters. The lowest BCUT2D eigenvalue weighted by atomic mass is 9.78. The van der Waals surface area contributed by atoms with Crippen LogP contribution in [-0.2, 0) is 9.59 Å². The van der Waals surface area contributed by atoms with Crippen molar-refractivity contribution < 1.29 is 14.0 Å². The van der Waals surface area contributed by atoms with Crippen molar-refractivity contribution in [2.24, 2.45) is 0 Å². The van der Waals surface area contributed by atoms with Crippen LogP contribution in [0, 0.1) is 5.82 Å². The summed E-state index contributed by atoms with van der Waals surface area (Å²) in [5.74, 6) is -0.732. The maximum absolute atomic E-state index is 15.0. The molecule has 2 aliphatic rings. The second-order valence-electron chi connectivity index (χ2n) is 8.94. The quantitative estimate of drug-likeness (QED) is 0.267. The number of carbonyl (C=O) groups is 2. The van der Waals surface area contributed by atoms with E-state index in [9.17, 15) is 14.0 Å². The molecule has 11 heteroatoms. The highest BCUT2D eigenvalue weighted by molar-refractivity contribution is 7.80. The largest absolute Gasteiger partial charge is 0.396 e. The fourth-order valence-electron chi connectivity index (χ4n) is 4.82. The van der Waals surface area contributed by atoms with Crippen LogP contribution in [0.3, 0.4) is 0 Å². The van der Waals surface area contributed by atoms with Gasteiger partial charge in [0, 0.05) is 48.2 Å². The zero-order valence-electron chi connectivity index (χ0n) is 19.3. The van der Waals surface area contributed by atoms with E-state index in [-0.39, 0.29) is 23.1 Å². The Hall–Kier alpha value is -3.63. The molecule has 1 aliphatic heterocycles. The Bertz CT molecular complexity index is 1470. The first kappa shape index (κ1) is 24.1. The first-order valence-electron chi connectivity index (χ1n) is 11.3. The van der Waals surface area contributed by atoms with Gasteiger partial charge in [0.15, 0.2) is 10.9 Å². The summed E-state index contributed by atoms with van der Waals surface area (Å²) in [6.45, 7) is 0. The van der Waals surface area contributed by atoms with Gasteiger partial charge in [-0.25, -0.2) is 9.37 Å². The summed E-state index contributed by atoms with van der Waals surface area (Å²) in [6.07, 6.45) is 8.31. The van der Waals surface area contributed by atoms with Crippen LogP contribution in [0.5, 0.6) is 0 Å². The van der Waals surface area contributed by atoms with Crippen LogP contribution in [0.2, 0.25) is 5.02 Å². The number of fused-ring (bicyclic) bond motifs is 1. The van der Waals surface area contributed by atoms with Crippen LogP contribution in [0.1, 0.15) is 25.7 Å². The number of nitrogens with one attached hydrogen (secondary N) is 2. The Morgan fingerprint density at radius 2 is 2.06 bits per heavy atom. The van der Waals surface area contributed by atoms with Gasteiger partial charge in [-0.15, -0.1) is 0 Å². The number of nitrogens with two attached hydrogens (primary N) is 1. The van der Waals surface area contributed by atoms with Gasteiger partial charge in [0.1, 0.15) is 11.4 Å². The zero-order valence-corrected chi connectivity index (χ0v) is 20.8. The number of benzene rings is 1. The van der Waals surface area contributed by atoms with E-state index in [1.54, 1.807) is 24.3 Å². The smallest absolute Gasteiger partial charge is 0.252 e. The maximum atomic E-state index is 15.0. The summed E-state index contributed by atoms with van der Waals surface area (Å²) in [5, 5.41) is 7.27. The van der Waals surface area contributed by atoms with Crippen molar-refractivity contribution in [2.45, 2.75) is 31.2 Å². The Balaban J connectivity index is 1.35. The van der Waals surface area contributed by atoms with E-state index >= 15 is 0 Å². The summed E-state index contributed by atoms with van der Waals surface area (Å²) >= 11 is 11.4. The lowest BCUT2D eigenvalue weighted by Gasteiger charge is -2.37. The first-order chi connectivity index (χ1) is 17.2. The molecule has 3 heterocycles. The minimum absolute atomic E-state index is 0.0635. The molecule has 1 aromatic carbocycles. The second-order valence-corrected chi connectivity index (χ2v) is 9.73. The third kappa shape index (κ3) is 4.06. The number of anilines is 2. The molecular formula is C25H22ClFN6O2S. The number of pyridine rings is 2. The lowest BCUT2D eigenvalue weighted by molar-refractivity contribution is -0.127. The van der Waals surface area contributed by atoms with E-state index in [0.29, 0.717) is 58.0 Å². The molecule has 3 aromatic rings. The van der Waals surface area contributed by atoms with Crippen LogP contribution in [0.4, 0.5) is 15.9 Å². The van der Waals surface area contributed by atoms with Gasteiger partial charge in [0.05, 0.1) is 10.7 Å². The summed E-state index contributed by atoms with van der Waals surface area (Å²) in [4.78, 5) is 35.2. The second kappa shape index (κ2) is 9.11. The van der Waals surface area contributed by atoms with Crippen LogP contribution >= 0.6 is 23.8 Å². The van der Waals surface area contributed by atoms with Crippen molar-refractivity contribution in [3.05, 3.63) is 59.3 Å². The molecule has 0 radical (unpaired) electrons. The van der Waals surface area contributed by atoms with E-state index in [0.717, 1.165) is 5.57 Å². The molecule has 1 spiro atoms. The van der Waals surface area contributed by atoms with Gasteiger partial charge >= 0.3 is 0 Å². The first-order valence-corrected chi connectivity index (χ1v) is 12.1. The van der Waals surface area contributed by atoms with Crippen molar-refractivity contribution in [3.8, 4) is 11.1 Å². The third-order valence-electron chi connectivity index (χ3n) is 6.95. The number of hydrogen-bond donors (Lipinski definition) is 3. The molecule has 2 aromatic heterocycles. The third-order valence-corrected chi connectivity index (χ3v) is 7.66. The van der Waals surface area contributed by atoms with E-state index in [1.165, 1.54) is 18.6 Å². The molecule has 2 fully saturated rings. The van der Waals surface area contributed by atoms with Gasteiger partial charge in [-0.05, 0) is 61.5 Å². The number of halogens is 2. The zero-order chi connectivity index (χ0) is 25.6. The minimum Gasteiger partial charge on any atom is -0.396 e. The van der Waals surface area contributed by atoms with Crippen molar-refractivity contribution in [2.75, 3.05) is 18.1 Å². The Morgan fingerprint density at radius 1 is 1.31 bits per heavy atom. The Labute approximate surface area is 216 Å². The molecule has 2 amide bonds. The Morgan fingerprint density at radius 3 is 2.72 bits per heavy atom. The van der Waals surface area contributed by atoms with E-state index in [1.807, 2.05) is 11.9 Å². The molecule has 5 rings (SSSR count). The summed E-state index contributed by atoms with van der Waals surface area (Å²) in [7, 11) is 1.82. The number of aromatic nitrogens is 2. The van der Waals surface area contributed by atoms with Crippen LogP contribution in [0.25, 0.3) is 21.9 Å². The van der Waals surface area contributed by atoms with Gasteiger partial charge < -0.3 is 21.3 Å². The molecule has 1 saturated carbocycles. The molecular weight excluding hydrogens is 503 g/mol. The average Bonchev–Trinajstić information content (AvgIpc) is 3.06. The number of nitrogens with zero attached hydrogens (tertiary/aromatic N) is 3. The summed E-state index contributed by atoms with van der Waals surface area (Å²) in [6, 6.07) is 4.80. The molecule has 36 heavy (non-hydrogen) atoms. The van der Waals surface area contributed by atoms with E-state index < -0.39 is 11.4 Å². The van der Waals surface area contributed by atoms with Crippen LogP contribution in [0.15, 0.2) is 48.4 Å². The molecule has 0 bridgehead atoms. The predicted octanol–water partition coefficient (Wildman–Crippen LogP) is 4.20. The van der Waals surface area contributed by atoms with Crippen LogP contribution < -0.4 is 16.4 Å². The number of hydrogen-bond acceptors (Lipinski definition) is 6. The normalized spacial score (nSPS) is 19.6. The minimum atomic E-state index is -0.644. The SMILES string of the molecule is CN1C(=S)NC(=O)C12CCC(=CC(=O)Nc1cc3cc(-c4cnccc4Cl)c(F)c(N)c3cn1)CC2. The molecule has 1 saturated heterocycles. The van der Waals surface area contributed by atoms with Gasteiger partial charge in [0.2, 0.25) is 5.91 Å². The molecule has 184 valence electrons. The van der Waals surface area contributed by atoms with Crippen molar-refractivity contribution in [3.63, 3.8) is 0 Å². The highest BCUT2D eigenvalue weighted by atomic mass is 35.5. The lowest BCUT2D eigenvalue weighted by Crippen LogP contribution is -2.49. The van der Waals surface area contributed by atoms with Crippen LogP contribution in [-0.4, -0.2) is 44.4 Å². The number of carbonyl (C=O) groups excluding carboxylic acids is 2. The van der Waals surface area contributed by atoms with E-state index in [4.69, 9.17) is 29.6 Å². The van der Waals surface area contributed by atoms with Gasteiger partial charge in [0.25, 0.3) is 5.91 Å². The highest BCUT2D eigenvalue weighted by Gasteiger charge is 2.50. The monoisotopic (exact) mass is 524 g/mol. The molecule has 0 unspecified atom stereocenters. The van der Waals surface area contributed by atoms with Gasteiger partial charge in [-0.2, -0.15) is 0 Å². The summed E-state index contributed by atoms with van der Waals surface area (Å²) < 4.78 is 15.0. The number of allylic oxidation sites excluding steroid dienone is 1. The van der Waals surface area contributed by atoms with E-state index in [2.05, 4.69) is 20.6 Å². The van der Waals surface area contributed by atoms with Gasteiger partial charge in [-0.1, -0.05) is 17.2 Å². The fraction of sp³-hybridized carbons (Fsp3) is 0.240. The predicted molar refractivity (Wildman–Crippen MR) is 141 cm³/mol.